The van der Waals surface area contributed by atoms with Gasteiger partial charge in [-0.05, 0) is 24.6 Å². The number of benzene rings is 1. The van der Waals surface area contributed by atoms with E-state index in [9.17, 15) is 4.79 Å². The molecule has 0 aliphatic carbocycles. The zero-order chi connectivity index (χ0) is 14.0. The van der Waals surface area contributed by atoms with Crippen molar-refractivity contribution in [1.82, 2.24) is 5.32 Å². The highest BCUT2D eigenvalue weighted by Crippen LogP contribution is 2.34. The van der Waals surface area contributed by atoms with Gasteiger partial charge in [0.25, 0.3) is 5.91 Å². The fraction of sp³-hybridized carbons (Fsp3) is 0.500. The maximum Gasteiger partial charge on any atom is 0.265 e. The molecule has 1 unspecified atom stereocenters. The molecule has 0 spiro atoms. The Balaban J connectivity index is 2.26. The molecule has 0 saturated heterocycles. The maximum absolute atomic E-state index is 11.6. The molecule has 1 aromatic rings. The third kappa shape index (κ3) is 2.88. The molecular formula is C14H21N3O2. The number of carbonyl (C=O) groups excluding carboxylic acids is 1. The molecule has 19 heavy (non-hydrogen) atoms. The third-order valence-corrected chi connectivity index (χ3v) is 3.40. The first kappa shape index (κ1) is 13.8. The zero-order valence-electron chi connectivity index (χ0n) is 11.6. The van der Waals surface area contributed by atoms with E-state index in [-0.39, 0.29) is 11.3 Å². The summed E-state index contributed by atoms with van der Waals surface area (Å²) in [7, 11) is 0. The quantitative estimate of drug-likeness (QED) is 0.713. The largest absolute Gasteiger partial charge is 0.479 e. The van der Waals surface area contributed by atoms with Crippen molar-refractivity contribution in [1.29, 1.82) is 0 Å². The number of nitrogens with two attached hydrogens (primary N) is 1. The van der Waals surface area contributed by atoms with E-state index < -0.39 is 6.10 Å². The fourth-order valence-electron chi connectivity index (χ4n) is 2.12. The Morgan fingerprint density at radius 1 is 1.47 bits per heavy atom. The molecule has 5 heteroatoms. The van der Waals surface area contributed by atoms with Gasteiger partial charge in [0.1, 0.15) is 5.75 Å². The van der Waals surface area contributed by atoms with Crippen LogP contribution < -0.4 is 21.1 Å². The van der Waals surface area contributed by atoms with Crippen molar-refractivity contribution >= 4 is 11.6 Å². The van der Waals surface area contributed by atoms with Gasteiger partial charge >= 0.3 is 0 Å². The SMILES string of the molecule is CC1Oc2ccc(C(C)(C)CNCN)cc2NC1=O. The molecule has 1 atom stereocenters. The average molecular weight is 263 g/mol. The topological polar surface area (TPSA) is 76.4 Å². The highest BCUT2D eigenvalue weighted by molar-refractivity contribution is 5.97. The second-order valence-corrected chi connectivity index (χ2v) is 5.48. The molecule has 0 fully saturated rings. The predicted octanol–water partition coefficient (Wildman–Crippen LogP) is 1.19. The van der Waals surface area contributed by atoms with Crippen LogP contribution in [-0.2, 0) is 10.2 Å². The Morgan fingerprint density at radius 2 is 2.21 bits per heavy atom. The summed E-state index contributed by atoms with van der Waals surface area (Å²) in [5.74, 6) is 0.612. The fourth-order valence-corrected chi connectivity index (χ4v) is 2.12. The number of carbonyl (C=O) groups is 1. The van der Waals surface area contributed by atoms with Crippen LogP contribution in [0.1, 0.15) is 26.3 Å². The number of hydrogen-bond donors (Lipinski definition) is 3. The molecule has 1 aliphatic rings. The van der Waals surface area contributed by atoms with Gasteiger partial charge in [-0.15, -0.1) is 0 Å². The number of rotatable bonds is 4. The first-order valence-corrected chi connectivity index (χ1v) is 6.47. The Bertz CT molecular complexity index is 486. The van der Waals surface area contributed by atoms with E-state index in [0.29, 0.717) is 6.67 Å². The lowest BCUT2D eigenvalue weighted by Crippen LogP contribution is -2.37. The van der Waals surface area contributed by atoms with E-state index in [0.717, 1.165) is 23.5 Å². The van der Waals surface area contributed by atoms with E-state index in [1.54, 1.807) is 6.92 Å². The summed E-state index contributed by atoms with van der Waals surface area (Å²) >= 11 is 0. The van der Waals surface area contributed by atoms with Crippen molar-refractivity contribution in [3.8, 4) is 5.75 Å². The monoisotopic (exact) mass is 263 g/mol. The van der Waals surface area contributed by atoms with Gasteiger partial charge in [-0.25, -0.2) is 0 Å². The first-order chi connectivity index (χ1) is 8.94. The molecule has 4 N–H and O–H groups in total. The molecule has 2 rings (SSSR count). The summed E-state index contributed by atoms with van der Waals surface area (Å²) in [5.41, 5.74) is 7.27. The van der Waals surface area contributed by atoms with Crippen LogP contribution in [0.2, 0.25) is 0 Å². The van der Waals surface area contributed by atoms with Crippen LogP contribution in [0.25, 0.3) is 0 Å². The van der Waals surface area contributed by atoms with Crippen LogP contribution >= 0.6 is 0 Å². The second kappa shape index (κ2) is 5.19. The van der Waals surface area contributed by atoms with Gasteiger partial charge in [0, 0.05) is 18.6 Å². The van der Waals surface area contributed by atoms with Crippen molar-refractivity contribution in [3.63, 3.8) is 0 Å². The van der Waals surface area contributed by atoms with Crippen LogP contribution in [0, 0.1) is 0 Å². The Labute approximate surface area is 113 Å². The number of fused-ring (bicyclic) bond motifs is 1. The van der Waals surface area contributed by atoms with Gasteiger partial charge in [0.05, 0.1) is 5.69 Å². The lowest BCUT2D eigenvalue weighted by molar-refractivity contribution is -0.122. The van der Waals surface area contributed by atoms with Gasteiger partial charge in [0.15, 0.2) is 6.10 Å². The molecule has 104 valence electrons. The molecule has 0 aromatic heterocycles. The number of hydrogen-bond acceptors (Lipinski definition) is 4. The van der Waals surface area contributed by atoms with Crippen LogP contribution in [0.4, 0.5) is 5.69 Å². The van der Waals surface area contributed by atoms with Gasteiger partial charge in [-0.1, -0.05) is 19.9 Å². The summed E-state index contributed by atoms with van der Waals surface area (Å²) in [6, 6.07) is 5.91. The Kier molecular flexibility index (Phi) is 3.78. The van der Waals surface area contributed by atoms with Crippen molar-refractivity contribution in [2.45, 2.75) is 32.3 Å². The van der Waals surface area contributed by atoms with Crippen LogP contribution in [0.3, 0.4) is 0 Å². The molecule has 5 nitrogen and oxygen atoms in total. The lowest BCUT2D eigenvalue weighted by Gasteiger charge is -2.29. The van der Waals surface area contributed by atoms with Gasteiger partial charge in [0.2, 0.25) is 0 Å². The van der Waals surface area contributed by atoms with E-state index in [1.807, 2.05) is 18.2 Å². The van der Waals surface area contributed by atoms with Gasteiger partial charge in [-0.3, -0.25) is 4.79 Å². The highest BCUT2D eigenvalue weighted by Gasteiger charge is 2.26. The first-order valence-electron chi connectivity index (χ1n) is 6.47. The van der Waals surface area contributed by atoms with Crippen LogP contribution in [-0.4, -0.2) is 25.2 Å². The van der Waals surface area contributed by atoms with E-state index in [1.165, 1.54) is 0 Å². The molecule has 1 amide bonds. The van der Waals surface area contributed by atoms with E-state index >= 15 is 0 Å². The molecular weight excluding hydrogens is 242 g/mol. The number of nitrogens with one attached hydrogen (secondary N) is 2. The highest BCUT2D eigenvalue weighted by atomic mass is 16.5. The van der Waals surface area contributed by atoms with Crippen molar-refractivity contribution < 1.29 is 9.53 Å². The van der Waals surface area contributed by atoms with Crippen LogP contribution in [0.15, 0.2) is 18.2 Å². The molecule has 0 saturated carbocycles. The smallest absolute Gasteiger partial charge is 0.265 e. The standard InChI is InChI=1S/C14H21N3O2/c1-9-13(18)17-11-6-10(4-5-12(11)19-9)14(2,3)7-16-8-15/h4-6,9,16H,7-8,15H2,1-3H3,(H,17,18). The lowest BCUT2D eigenvalue weighted by atomic mass is 9.84. The second-order valence-electron chi connectivity index (χ2n) is 5.48. The molecule has 1 aliphatic heterocycles. The summed E-state index contributed by atoms with van der Waals surface area (Å²) in [6.07, 6.45) is -0.440. The molecule has 0 bridgehead atoms. The van der Waals surface area contributed by atoms with E-state index in [4.69, 9.17) is 10.5 Å². The normalized spacial score (nSPS) is 18.5. The molecule has 1 aromatic carbocycles. The van der Waals surface area contributed by atoms with Crippen LogP contribution in [0.5, 0.6) is 5.75 Å². The number of amides is 1. The minimum atomic E-state index is -0.440. The van der Waals surface area contributed by atoms with E-state index in [2.05, 4.69) is 24.5 Å². The van der Waals surface area contributed by atoms with Gasteiger partial charge in [-0.2, -0.15) is 0 Å². The Hall–Kier alpha value is -1.59. The number of anilines is 1. The summed E-state index contributed by atoms with van der Waals surface area (Å²) in [6.45, 7) is 7.22. The van der Waals surface area contributed by atoms with Crippen molar-refractivity contribution in [2.75, 3.05) is 18.5 Å². The number of ether oxygens (including phenoxy) is 1. The van der Waals surface area contributed by atoms with Crippen molar-refractivity contribution in [2.24, 2.45) is 5.73 Å². The maximum atomic E-state index is 11.6. The molecule has 1 heterocycles. The van der Waals surface area contributed by atoms with Crippen molar-refractivity contribution in [3.05, 3.63) is 23.8 Å². The predicted molar refractivity (Wildman–Crippen MR) is 75.2 cm³/mol. The minimum Gasteiger partial charge on any atom is -0.479 e. The summed E-state index contributed by atoms with van der Waals surface area (Å²) in [5, 5.41) is 6.01. The molecule has 0 radical (unpaired) electrons. The summed E-state index contributed by atoms with van der Waals surface area (Å²) in [4.78, 5) is 11.6. The minimum absolute atomic E-state index is 0.0673. The summed E-state index contributed by atoms with van der Waals surface area (Å²) < 4.78 is 5.55. The third-order valence-electron chi connectivity index (χ3n) is 3.40. The average Bonchev–Trinajstić information content (AvgIpc) is 2.37. The zero-order valence-corrected chi connectivity index (χ0v) is 11.6. The van der Waals surface area contributed by atoms with Gasteiger partial charge < -0.3 is 21.1 Å². The Morgan fingerprint density at radius 3 is 2.89 bits per heavy atom.